The van der Waals surface area contributed by atoms with Crippen LogP contribution in [0.25, 0.3) is 5.69 Å². The maximum atomic E-state index is 15.0. The van der Waals surface area contributed by atoms with Crippen molar-refractivity contribution in [1.82, 2.24) is 9.55 Å². The van der Waals surface area contributed by atoms with E-state index in [2.05, 4.69) is 15.6 Å². The second-order valence-electron chi connectivity index (χ2n) is 8.24. The highest BCUT2D eigenvalue weighted by atomic mass is 19.1. The maximum Gasteiger partial charge on any atom is 0.271 e. The van der Waals surface area contributed by atoms with E-state index in [1.165, 1.54) is 42.7 Å². The number of aromatic nitrogens is 2. The third kappa shape index (κ3) is 6.29. The second-order valence-corrected chi connectivity index (χ2v) is 8.24. The minimum absolute atomic E-state index is 0.0727. The maximum absolute atomic E-state index is 15.0. The second kappa shape index (κ2) is 12.2. The topological polar surface area (TPSA) is 112 Å². The molecule has 12 heteroatoms. The molecule has 0 aliphatic rings. The number of pyridine rings is 2. The molecule has 2 amide bonds. The SMILES string of the molecule is CCOc1ccn(-c2ccc(F)cc2)c(=O)c1C(=O)Nc1cc(F)c(Oc2ccnc(NC(=O)CC)c2)cc1F. The Morgan fingerprint density at radius 2 is 1.68 bits per heavy atom. The molecule has 0 saturated heterocycles. The first-order chi connectivity index (χ1) is 19.2. The molecule has 0 fully saturated rings. The van der Waals surface area contributed by atoms with Crippen LogP contribution in [0.2, 0.25) is 0 Å². The molecular formula is C28H23F3N4O5. The average molecular weight is 553 g/mol. The standard InChI is InChI=1S/C28H23F3N4O5/c1-3-25(36)34-24-13-18(9-11-32-24)40-23-15-19(30)21(14-20(23)31)33-27(37)26-22(39-4-2)10-12-35(28(26)38)17-7-5-16(29)6-8-17/h5-15H,3-4H2,1-2H3,(H,33,37)(H,32,34,36). The number of rotatable bonds is 9. The van der Waals surface area contributed by atoms with Gasteiger partial charge < -0.3 is 20.1 Å². The van der Waals surface area contributed by atoms with Gasteiger partial charge in [-0.2, -0.15) is 0 Å². The first-order valence-corrected chi connectivity index (χ1v) is 12.1. The van der Waals surface area contributed by atoms with Gasteiger partial charge >= 0.3 is 0 Å². The summed E-state index contributed by atoms with van der Waals surface area (Å²) < 4.78 is 55.1. The molecule has 2 aromatic heterocycles. The summed E-state index contributed by atoms with van der Waals surface area (Å²) in [5, 5.41) is 4.73. The van der Waals surface area contributed by atoms with Gasteiger partial charge in [0.25, 0.3) is 11.5 Å². The Hall–Kier alpha value is -5.13. The summed E-state index contributed by atoms with van der Waals surface area (Å²) in [5.74, 6) is -4.27. The normalized spacial score (nSPS) is 10.6. The van der Waals surface area contributed by atoms with Crippen LogP contribution in [0.5, 0.6) is 17.2 Å². The van der Waals surface area contributed by atoms with Crippen molar-refractivity contribution >= 4 is 23.3 Å². The van der Waals surface area contributed by atoms with Gasteiger partial charge in [-0.25, -0.2) is 18.2 Å². The number of nitrogens with one attached hydrogen (secondary N) is 2. The van der Waals surface area contributed by atoms with Gasteiger partial charge in [-0.05, 0) is 43.3 Å². The number of ether oxygens (including phenoxy) is 2. The summed E-state index contributed by atoms with van der Waals surface area (Å²) in [6.07, 6.45) is 2.88. The lowest BCUT2D eigenvalue weighted by molar-refractivity contribution is -0.115. The fraction of sp³-hybridized carbons (Fsp3) is 0.143. The van der Waals surface area contributed by atoms with Crippen LogP contribution in [0.15, 0.2) is 71.8 Å². The van der Waals surface area contributed by atoms with E-state index in [4.69, 9.17) is 9.47 Å². The molecule has 0 aliphatic carbocycles. The van der Waals surface area contributed by atoms with Gasteiger partial charge in [0.15, 0.2) is 17.4 Å². The number of hydrogen-bond acceptors (Lipinski definition) is 6. The third-order valence-corrected chi connectivity index (χ3v) is 5.50. The van der Waals surface area contributed by atoms with Crippen LogP contribution >= 0.6 is 0 Å². The molecule has 40 heavy (non-hydrogen) atoms. The summed E-state index contributed by atoms with van der Waals surface area (Å²) in [4.78, 5) is 41.9. The monoisotopic (exact) mass is 552 g/mol. The Labute approximate surface area is 226 Å². The average Bonchev–Trinajstić information content (AvgIpc) is 2.92. The van der Waals surface area contributed by atoms with Crippen molar-refractivity contribution < 1.29 is 32.2 Å². The molecule has 2 N–H and O–H groups in total. The molecule has 2 aromatic carbocycles. The van der Waals surface area contributed by atoms with Gasteiger partial charge in [0, 0.05) is 42.7 Å². The summed E-state index contributed by atoms with van der Waals surface area (Å²) in [6, 6.07) is 10.5. The van der Waals surface area contributed by atoms with E-state index in [1.54, 1.807) is 13.8 Å². The van der Waals surface area contributed by atoms with E-state index >= 15 is 0 Å². The van der Waals surface area contributed by atoms with Crippen molar-refractivity contribution in [2.75, 3.05) is 17.2 Å². The zero-order valence-electron chi connectivity index (χ0n) is 21.3. The first kappa shape index (κ1) is 27.9. The summed E-state index contributed by atoms with van der Waals surface area (Å²) in [5.41, 5.74) is -1.57. The molecule has 4 rings (SSSR count). The largest absolute Gasteiger partial charge is 0.493 e. The number of amides is 2. The van der Waals surface area contributed by atoms with Crippen LogP contribution in [-0.4, -0.2) is 28.0 Å². The molecule has 0 unspecified atom stereocenters. The Kier molecular flexibility index (Phi) is 8.48. The number of hydrogen-bond donors (Lipinski definition) is 2. The van der Waals surface area contributed by atoms with Crippen LogP contribution in [0, 0.1) is 17.5 Å². The van der Waals surface area contributed by atoms with Gasteiger partial charge in [-0.15, -0.1) is 0 Å². The summed E-state index contributed by atoms with van der Waals surface area (Å²) in [6.45, 7) is 3.42. The Bertz CT molecular complexity index is 1620. The molecule has 0 saturated carbocycles. The zero-order chi connectivity index (χ0) is 28.8. The van der Waals surface area contributed by atoms with E-state index in [0.717, 1.165) is 22.8 Å². The highest BCUT2D eigenvalue weighted by Crippen LogP contribution is 2.30. The molecular weight excluding hydrogens is 529 g/mol. The number of benzene rings is 2. The van der Waals surface area contributed by atoms with Crippen LogP contribution in [-0.2, 0) is 4.79 Å². The Balaban J connectivity index is 1.61. The highest BCUT2D eigenvalue weighted by molar-refractivity contribution is 6.06. The van der Waals surface area contributed by atoms with E-state index in [-0.39, 0.29) is 41.9 Å². The summed E-state index contributed by atoms with van der Waals surface area (Å²) in [7, 11) is 0. The number of halogens is 3. The Morgan fingerprint density at radius 3 is 2.38 bits per heavy atom. The number of carbonyl (C=O) groups excluding carboxylic acids is 2. The zero-order valence-corrected chi connectivity index (χ0v) is 21.3. The molecule has 0 aliphatic heterocycles. The molecule has 2 heterocycles. The fourth-order valence-corrected chi connectivity index (χ4v) is 3.60. The van der Waals surface area contributed by atoms with Crippen LogP contribution in [0.3, 0.4) is 0 Å². The minimum Gasteiger partial charge on any atom is -0.493 e. The van der Waals surface area contributed by atoms with Crippen molar-refractivity contribution in [3.8, 4) is 22.9 Å². The molecule has 206 valence electrons. The van der Waals surface area contributed by atoms with Crippen LogP contribution < -0.4 is 25.7 Å². The van der Waals surface area contributed by atoms with Gasteiger partial charge in [0.05, 0.1) is 12.3 Å². The molecule has 9 nitrogen and oxygen atoms in total. The molecule has 0 atom stereocenters. The molecule has 4 aromatic rings. The molecule has 0 spiro atoms. The summed E-state index contributed by atoms with van der Waals surface area (Å²) >= 11 is 0. The number of anilines is 2. The van der Waals surface area contributed by atoms with Crippen molar-refractivity contribution in [2.45, 2.75) is 20.3 Å². The van der Waals surface area contributed by atoms with Gasteiger partial charge in [-0.1, -0.05) is 6.92 Å². The Morgan fingerprint density at radius 1 is 0.925 bits per heavy atom. The van der Waals surface area contributed by atoms with Crippen LogP contribution in [0.4, 0.5) is 24.7 Å². The van der Waals surface area contributed by atoms with Crippen molar-refractivity contribution in [3.05, 3.63) is 100 Å². The van der Waals surface area contributed by atoms with Gasteiger partial charge in [-0.3, -0.25) is 19.0 Å². The predicted octanol–water partition coefficient (Wildman–Crippen LogP) is 5.44. The van der Waals surface area contributed by atoms with E-state index in [0.29, 0.717) is 6.07 Å². The van der Waals surface area contributed by atoms with Gasteiger partial charge in [0.2, 0.25) is 5.91 Å². The quantitative estimate of drug-likeness (QED) is 0.286. The molecule has 0 radical (unpaired) electrons. The minimum atomic E-state index is -1.05. The fourth-order valence-electron chi connectivity index (χ4n) is 3.60. The smallest absolute Gasteiger partial charge is 0.271 e. The number of nitrogens with zero attached hydrogens (tertiary/aromatic N) is 2. The molecule has 0 bridgehead atoms. The van der Waals surface area contributed by atoms with Crippen LogP contribution in [0.1, 0.15) is 30.6 Å². The first-order valence-electron chi connectivity index (χ1n) is 12.1. The van der Waals surface area contributed by atoms with E-state index in [9.17, 15) is 27.6 Å². The van der Waals surface area contributed by atoms with Crippen molar-refractivity contribution in [2.24, 2.45) is 0 Å². The number of carbonyl (C=O) groups is 2. The van der Waals surface area contributed by atoms with Crippen molar-refractivity contribution in [3.63, 3.8) is 0 Å². The van der Waals surface area contributed by atoms with E-state index in [1.807, 2.05) is 0 Å². The van der Waals surface area contributed by atoms with Gasteiger partial charge in [0.1, 0.15) is 28.7 Å². The van der Waals surface area contributed by atoms with E-state index < -0.39 is 45.9 Å². The highest BCUT2D eigenvalue weighted by Gasteiger charge is 2.22. The van der Waals surface area contributed by atoms with Crippen molar-refractivity contribution in [1.29, 1.82) is 0 Å². The third-order valence-electron chi connectivity index (χ3n) is 5.50. The lowest BCUT2D eigenvalue weighted by Crippen LogP contribution is -2.29. The lowest BCUT2D eigenvalue weighted by atomic mass is 10.2. The lowest BCUT2D eigenvalue weighted by Gasteiger charge is -2.14. The predicted molar refractivity (Wildman–Crippen MR) is 141 cm³/mol.